The van der Waals surface area contributed by atoms with E-state index in [4.69, 9.17) is 9.57 Å². The number of oxime groups is 1. The Bertz CT molecular complexity index is 619. The Morgan fingerprint density at radius 1 is 1.33 bits per heavy atom. The Balaban J connectivity index is 1.25. The Labute approximate surface area is 141 Å². The molecule has 1 N–H and O–H groups in total. The van der Waals surface area contributed by atoms with Crippen molar-refractivity contribution in [3.8, 4) is 0 Å². The summed E-state index contributed by atoms with van der Waals surface area (Å²) in [5.41, 5.74) is 1.50. The molecule has 1 amide bonds. The number of amides is 1. The number of rotatable bonds is 4. The van der Waals surface area contributed by atoms with Crippen LogP contribution in [0.15, 0.2) is 35.5 Å². The Kier molecular flexibility index (Phi) is 4.49. The molecule has 4 rings (SSSR count). The summed E-state index contributed by atoms with van der Waals surface area (Å²) >= 11 is 0. The molecule has 0 radical (unpaired) electrons. The van der Waals surface area contributed by atoms with E-state index in [-0.39, 0.29) is 18.1 Å². The van der Waals surface area contributed by atoms with Gasteiger partial charge in [0, 0.05) is 25.6 Å². The van der Waals surface area contributed by atoms with E-state index >= 15 is 0 Å². The van der Waals surface area contributed by atoms with Gasteiger partial charge < -0.3 is 14.9 Å². The smallest absolute Gasteiger partial charge is 0.269 e. The average Bonchev–Trinajstić information content (AvgIpc) is 3.29. The fourth-order valence-corrected chi connectivity index (χ4v) is 3.68. The van der Waals surface area contributed by atoms with Gasteiger partial charge in [0.05, 0.1) is 12.7 Å². The van der Waals surface area contributed by atoms with Crippen LogP contribution in [0.1, 0.15) is 30.9 Å². The molecule has 6 nitrogen and oxygen atoms in total. The largest absolute Gasteiger partial charge is 0.387 e. The van der Waals surface area contributed by atoms with Crippen LogP contribution in [0.25, 0.3) is 0 Å². The molecule has 2 saturated heterocycles. The second kappa shape index (κ2) is 6.91. The zero-order valence-corrected chi connectivity index (χ0v) is 13.7. The number of nitrogens with zero attached hydrogens (tertiary/aromatic N) is 2. The first kappa shape index (κ1) is 15.6. The fraction of sp³-hybridized carbons (Fsp3) is 0.556. The molecule has 0 aliphatic carbocycles. The third-order valence-corrected chi connectivity index (χ3v) is 5.05. The van der Waals surface area contributed by atoms with Crippen molar-refractivity contribution in [2.24, 2.45) is 5.16 Å². The average molecular weight is 329 g/mol. The molecule has 3 heterocycles. The molecular weight excluding hydrogens is 306 g/mol. The summed E-state index contributed by atoms with van der Waals surface area (Å²) in [6.07, 6.45) is 2.89. The minimum atomic E-state index is -0.164. The SMILES string of the molecule is O=C(NC[C@@H]1CN2CCC[C@H]2CO1)C1=NO[C@@H](c2ccccc2)C1. The van der Waals surface area contributed by atoms with Gasteiger partial charge in [0.1, 0.15) is 5.71 Å². The summed E-state index contributed by atoms with van der Waals surface area (Å²) in [6, 6.07) is 10.4. The lowest BCUT2D eigenvalue weighted by Crippen LogP contribution is -2.50. The normalized spacial score (nSPS) is 29.7. The molecule has 24 heavy (non-hydrogen) atoms. The number of morpholine rings is 1. The molecule has 0 aromatic heterocycles. The van der Waals surface area contributed by atoms with Gasteiger partial charge in [-0.2, -0.15) is 0 Å². The van der Waals surface area contributed by atoms with Crippen molar-refractivity contribution < 1.29 is 14.4 Å². The van der Waals surface area contributed by atoms with E-state index in [0.29, 0.717) is 24.7 Å². The van der Waals surface area contributed by atoms with Gasteiger partial charge in [0.2, 0.25) is 0 Å². The van der Waals surface area contributed by atoms with Gasteiger partial charge in [-0.3, -0.25) is 9.69 Å². The molecule has 128 valence electrons. The van der Waals surface area contributed by atoms with E-state index in [1.165, 1.54) is 12.8 Å². The summed E-state index contributed by atoms with van der Waals surface area (Å²) in [6.45, 7) is 3.36. The first-order valence-electron chi connectivity index (χ1n) is 8.71. The molecule has 1 aromatic carbocycles. The highest BCUT2D eigenvalue weighted by Gasteiger charge is 2.33. The third kappa shape index (κ3) is 3.30. The molecule has 0 bridgehead atoms. The van der Waals surface area contributed by atoms with Gasteiger partial charge in [-0.1, -0.05) is 35.5 Å². The van der Waals surface area contributed by atoms with Crippen LogP contribution in [0.5, 0.6) is 0 Å². The minimum absolute atomic E-state index is 0.0659. The van der Waals surface area contributed by atoms with Crippen LogP contribution in [0.3, 0.4) is 0 Å². The van der Waals surface area contributed by atoms with Crippen molar-refractivity contribution >= 4 is 11.6 Å². The lowest BCUT2D eigenvalue weighted by atomic mass is 10.0. The van der Waals surface area contributed by atoms with Crippen LogP contribution in [0.4, 0.5) is 0 Å². The monoisotopic (exact) mass is 329 g/mol. The molecule has 2 fully saturated rings. The number of benzene rings is 1. The molecule has 1 aromatic rings. The van der Waals surface area contributed by atoms with Crippen LogP contribution in [0.2, 0.25) is 0 Å². The zero-order valence-electron chi connectivity index (χ0n) is 13.7. The van der Waals surface area contributed by atoms with E-state index < -0.39 is 0 Å². The predicted octanol–water partition coefficient (Wildman–Crippen LogP) is 1.48. The van der Waals surface area contributed by atoms with E-state index in [2.05, 4.69) is 15.4 Å². The summed E-state index contributed by atoms with van der Waals surface area (Å²) in [4.78, 5) is 20.2. The molecule has 6 heteroatoms. The first-order valence-corrected chi connectivity index (χ1v) is 8.71. The van der Waals surface area contributed by atoms with Crippen LogP contribution in [-0.2, 0) is 14.4 Å². The molecule has 0 spiro atoms. The summed E-state index contributed by atoms with van der Waals surface area (Å²) in [5, 5.41) is 6.91. The van der Waals surface area contributed by atoms with Gasteiger partial charge in [0.25, 0.3) is 5.91 Å². The maximum Gasteiger partial charge on any atom is 0.269 e. The van der Waals surface area contributed by atoms with Gasteiger partial charge in [0.15, 0.2) is 6.10 Å². The predicted molar refractivity (Wildman–Crippen MR) is 89.7 cm³/mol. The van der Waals surface area contributed by atoms with Crippen LogP contribution >= 0.6 is 0 Å². The van der Waals surface area contributed by atoms with Crippen molar-refractivity contribution in [2.75, 3.05) is 26.2 Å². The van der Waals surface area contributed by atoms with Gasteiger partial charge in [-0.05, 0) is 24.9 Å². The van der Waals surface area contributed by atoms with Crippen LogP contribution in [-0.4, -0.2) is 54.9 Å². The van der Waals surface area contributed by atoms with E-state index in [0.717, 1.165) is 25.3 Å². The molecule has 3 aliphatic rings. The molecule has 0 unspecified atom stereocenters. The molecular formula is C18H23N3O3. The van der Waals surface area contributed by atoms with Crippen LogP contribution in [0, 0.1) is 0 Å². The topological polar surface area (TPSA) is 63.2 Å². The minimum Gasteiger partial charge on any atom is -0.387 e. The number of carbonyl (C=O) groups excluding carboxylic acids is 1. The number of hydrogen-bond donors (Lipinski definition) is 1. The maximum atomic E-state index is 12.3. The zero-order chi connectivity index (χ0) is 16.4. The van der Waals surface area contributed by atoms with Gasteiger partial charge in [-0.25, -0.2) is 0 Å². The first-order chi connectivity index (χ1) is 11.8. The number of hydrogen-bond acceptors (Lipinski definition) is 5. The Morgan fingerprint density at radius 3 is 3.08 bits per heavy atom. The summed E-state index contributed by atoms with van der Waals surface area (Å²) in [7, 11) is 0. The summed E-state index contributed by atoms with van der Waals surface area (Å²) < 4.78 is 5.87. The third-order valence-electron chi connectivity index (χ3n) is 5.05. The number of ether oxygens (including phenoxy) is 1. The van der Waals surface area contributed by atoms with E-state index in [1.54, 1.807) is 0 Å². The molecule has 0 saturated carbocycles. The van der Waals surface area contributed by atoms with Crippen molar-refractivity contribution in [3.63, 3.8) is 0 Å². The van der Waals surface area contributed by atoms with Crippen LogP contribution < -0.4 is 5.32 Å². The van der Waals surface area contributed by atoms with Gasteiger partial charge in [-0.15, -0.1) is 0 Å². The van der Waals surface area contributed by atoms with Gasteiger partial charge >= 0.3 is 0 Å². The molecule has 3 aliphatic heterocycles. The highest BCUT2D eigenvalue weighted by molar-refractivity contribution is 6.39. The molecule has 3 atom stereocenters. The number of nitrogens with one attached hydrogen (secondary N) is 1. The van der Waals surface area contributed by atoms with Crippen molar-refractivity contribution in [3.05, 3.63) is 35.9 Å². The van der Waals surface area contributed by atoms with Crippen molar-refractivity contribution in [2.45, 2.75) is 37.5 Å². The standard InChI is InChI=1S/C18H23N3O3/c22-18(16-9-17(24-20-16)13-5-2-1-3-6-13)19-10-15-11-21-8-4-7-14(21)12-23-15/h1-3,5-6,14-15,17H,4,7-12H2,(H,19,22)/t14-,15+,17+/m0/s1. The van der Waals surface area contributed by atoms with Crippen molar-refractivity contribution in [1.29, 1.82) is 0 Å². The number of carbonyl (C=O) groups is 1. The van der Waals surface area contributed by atoms with Crippen molar-refractivity contribution in [1.82, 2.24) is 10.2 Å². The van der Waals surface area contributed by atoms with E-state index in [1.807, 2.05) is 30.3 Å². The lowest BCUT2D eigenvalue weighted by Gasteiger charge is -2.35. The second-order valence-electron chi connectivity index (χ2n) is 6.70. The number of fused-ring (bicyclic) bond motifs is 1. The maximum absolute atomic E-state index is 12.3. The Morgan fingerprint density at radius 2 is 2.21 bits per heavy atom. The highest BCUT2D eigenvalue weighted by atomic mass is 16.6. The van der Waals surface area contributed by atoms with E-state index in [9.17, 15) is 4.79 Å². The Hall–Kier alpha value is -1.92. The second-order valence-corrected chi connectivity index (χ2v) is 6.70. The lowest BCUT2D eigenvalue weighted by molar-refractivity contribution is -0.116. The highest BCUT2D eigenvalue weighted by Crippen LogP contribution is 2.27. The fourth-order valence-electron chi connectivity index (χ4n) is 3.68. The quantitative estimate of drug-likeness (QED) is 0.909. The summed E-state index contributed by atoms with van der Waals surface area (Å²) in [5.74, 6) is -0.152.